The van der Waals surface area contributed by atoms with E-state index in [9.17, 15) is 9.59 Å². The van der Waals surface area contributed by atoms with Crippen LogP contribution >= 0.6 is 0 Å². The molecule has 0 spiro atoms. The average molecular weight is 281 g/mol. The number of ether oxygens (including phenoxy) is 2. The molecule has 2 atom stereocenters. The molecule has 1 rings (SSSR count). The van der Waals surface area contributed by atoms with Gasteiger partial charge in [0.2, 0.25) is 0 Å². The quantitative estimate of drug-likeness (QED) is 0.546. The van der Waals surface area contributed by atoms with E-state index < -0.39 is 18.1 Å². The van der Waals surface area contributed by atoms with Crippen LogP contribution in [-0.4, -0.2) is 43.3 Å². The van der Waals surface area contributed by atoms with Gasteiger partial charge in [-0.05, 0) is 18.3 Å². The molecular weight excluding hydrogens is 258 g/mol. The van der Waals surface area contributed by atoms with Crippen LogP contribution in [0.15, 0.2) is 0 Å². The van der Waals surface area contributed by atoms with Crippen LogP contribution in [0.1, 0.15) is 40.0 Å². The molecule has 1 amide bonds. The molecule has 0 aliphatic carbocycles. The molecule has 112 valence electrons. The number of carbonyl (C=O) groups is 2. The van der Waals surface area contributed by atoms with E-state index in [2.05, 4.69) is 32.6 Å². The van der Waals surface area contributed by atoms with Crippen LogP contribution in [0.4, 0.5) is 4.79 Å². The van der Waals surface area contributed by atoms with Gasteiger partial charge in [-0.3, -0.25) is 4.90 Å². The fourth-order valence-corrected chi connectivity index (χ4v) is 2.11. The maximum Gasteiger partial charge on any atom is 0.411 e. The fourth-order valence-electron chi connectivity index (χ4n) is 2.11. The molecule has 0 saturated carbocycles. The van der Waals surface area contributed by atoms with Gasteiger partial charge in [0.25, 0.3) is 0 Å². The molecule has 1 heterocycles. The van der Waals surface area contributed by atoms with E-state index in [1.54, 1.807) is 0 Å². The highest BCUT2D eigenvalue weighted by Gasteiger charge is 2.41. The van der Waals surface area contributed by atoms with E-state index in [0.717, 1.165) is 6.42 Å². The van der Waals surface area contributed by atoms with Gasteiger partial charge in [-0.1, -0.05) is 26.7 Å². The summed E-state index contributed by atoms with van der Waals surface area (Å²) in [4.78, 5) is 24.9. The Balaban J connectivity index is 2.85. The summed E-state index contributed by atoms with van der Waals surface area (Å²) < 4.78 is 9.48. The van der Waals surface area contributed by atoms with Crippen LogP contribution in [0.3, 0.4) is 0 Å². The van der Waals surface area contributed by atoms with Gasteiger partial charge in [-0.2, -0.15) is 0 Å². The summed E-state index contributed by atoms with van der Waals surface area (Å²) >= 11 is 0. The molecule has 1 aliphatic heterocycles. The second-order valence-electron chi connectivity index (χ2n) is 6.07. The number of methoxy groups -OCH3 is 2. The summed E-state index contributed by atoms with van der Waals surface area (Å²) in [5, 5.41) is 0. The molecule has 5 nitrogen and oxygen atoms in total. The first kappa shape index (κ1) is 16.4. The van der Waals surface area contributed by atoms with Gasteiger partial charge < -0.3 is 9.47 Å². The number of hydrogen-bond donors (Lipinski definition) is 0. The molecular formula is C15H23NO4. The Bertz CT molecular complexity index is 427. The molecule has 0 radical (unpaired) electrons. The highest BCUT2D eigenvalue weighted by atomic mass is 16.5. The van der Waals surface area contributed by atoms with Crippen LogP contribution in [-0.2, 0) is 14.3 Å². The van der Waals surface area contributed by atoms with E-state index in [1.807, 2.05) is 0 Å². The second-order valence-corrected chi connectivity index (χ2v) is 6.07. The topological polar surface area (TPSA) is 55.8 Å². The summed E-state index contributed by atoms with van der Waals surface area (Å²) in [5.41, 5.74) is 0.115. The number of hydrogen-bond acceptors (Lipinski definition) is 4. The van der Waals surface area contributed by atoms with Crippen LogP contribution in [0, 0.1) is 17.3 Å². The molecule has 0 N–H and O–H groups in total. The predicted octanol–water partition coefficient (Wildman–Crippen LogP) is 2.20. The number of carbonyl (C=O) groups excluding carboxylic acids is 2. The summed E-state index contributed by atoms with van der Waals surface area (Å²) in [5.74, 6) is 5.76. The van der Waals surface area contributed by atoms with Gasteiger partial charge in [0, 0.05) is 6.42 Å². The second kappa shape index (κ2) is 6.65. The maximum atomic E-state index is 11.8. The number of likely N-dealkylation sites (tertiary alicyclic amines) is 1. The molecule has 20 heavy (non-hydrogen) atoms. The van der Waals surface area contributed by atoms with Crippen molar-refractivity contribution in [3.05, 3.63) is 0 Å². The van der Waals surface area contributed by atoms with Crippen LogP contribution in [0.25, 0.3) is 0 Å². The third-order valence-electron chi connectivity index (χ3n) is 3.13. The highest BCUT2D eigenvalue weighted by Crippen LogP contribution is 2.26. The lowest BCUT2D eigenvalue weighted by Gasteiger charge is -2.24. The van der Waals surface area contributed by atoms with Crippen molar-refractivity contribution < 1.29 is 19.1 Å². The van der Waals surface area contributed by atoms with E-state index in [4.69, 9.17) is 9.47 Å². The Morgan fingerprint density at radius 1 is 1.20 bits per heavy atom. The van der Waals surface area contributed by atoms with E-state index >= 15 is 0 Å². The van der Waals surface area contributed by atoms with Gasteiger partial charge in [-0.25, -0.2) is 9.59 Å². The Kier molecular flexibility index (Phi) is 5.43. The molecule has 0 aromatic carbocycles. The highest BCUT2D eigenvalue weighted by molar-refractivity contribution is 5.82. The van der Waals surface area contributed by atoms with E-state index in [0.29, 0.717) is 12.8 Å². The number of amides is 1. The number of nitrogens with zero attached hydrogens (tertiary/aromatic N) is 1. The van der Waals surface area contributed by atoms with Crippen molar-refractivity contribution >= 4 is 12.1 Å². The van der Waals surface area contributed by atoms with Gasteiger partial charge >= 0.3 is 12.1 Å². The molecule has 0 aromatic heterocycles. The van der Waals surface area contributed by atoms with Crippen molar-refractivity contribution in [3.63, 3.8) is 0 Å². The van der Waals surface area contributed by atoms with E-state index in [-0.39, 0.29) is 11.5 Å². The van der Waals surface area contributed by atoms with Gasteiger partial charge in [0.15, 0.2) is 0 Å². The lowest BCUT2D eigenvalue weighted by atomic mass is 9.92. The maximum absolute atomic E-state index is 11.8. The minimum Gasteiger partial charge on any atom is -0.467 e. The first-order valence-electron chi connectivity index (χ1n) is 6.72. The Hall–Kier alpha value is -1.70. The van der Waals surface area contributed by atoms with Gasteiger partial charge in [-0.15, -0.1) is 5.92 Å². The first-order valence-corrected chi connectivity index (χ1v) is 6.72. The Morgan fingerprint density at radius 2 is 1.85 bits per heavy atom. The zero-order chi connectivity index (χ0) is 15.3. The standard InChI is InChI=1S/C15H23NO4/c1-15(2,3)10-6-7-11-8-9-12(13(17)19-4)16(11)14(18)20-5/h11-12H,8-10H2,1-5H3. The third kappa shape index (κ3) is 4.16. The Morgan fingerprint density at radius 3 is 2.35 bits per heavy atom. The van der Waals surface area contributed by atoms with Crippen molar-refractivity contribution in [2.24, 2.45) is 5.41 Å². The zero-order valence-corrected chi connectivity index (χ0v) is 12.9. The smallest absolute Gasteiger partial charge is 0.411 e. The van der Waals surface area contributed by atoms with Crippen molar-refractivity contribution in [2.75, 3.05) is 14.2 Å². The van der Waals surface area contributed by atoms with Crippen molar-refractivity contribution in [1.29, 1.82) is 0 Å². The molecule has 1 fully saturated rings. The fraction of sp³-hybridized carbons (Fsp3) is 0.733. The molecule has 0 bridgehead atoms. The van der Waals surface area contributed by atoms with Crippen molar-refractivity contribution in [3.8, 4) is 11.8 Å². The third-order valence-corrected chi connectivity index (χ3v) is 3.13. The molecule has 2 unspecified atom stereocenters. The summed E-state index contributed by atoms with van der Waals surface area (Å²) in [7, 11) is 2.62. The number of esters is 1. The Labute approximate surface area is 120 Å². The van der Waals surface area contributed by atoms with Crippen LogP contribution < -0.4 is 0 Å². The lowest BCUT2D eigenvalue weighted by molar-refractivity contribution is -0.145. The van der Waals surface area contributed by atoms with E-state index in [1.165, 1.54) is 19.1 Å². The molecule has 5 heteroatoms. The SMILES string of the molecule is COC(=O)C1CCC(C#CCC(C)(C)C)N1C(=O)OC. The minimum absolute atomic E-state index is 0.115. The zero-order valence-electron chi connectivity index (χ0n) is 12.9. The number of rotatable bonds is 1. The summed E-state index contributed by atoms with van der Waals surface area (Å²) in [6.45, 7) is 6.31. The van der Waals surface area contributed by atoms with Crippen molar-refractivity contribution in [1.82, 2.24) is 4.90 Å². The van der Waals surface area contributed by atoms with Crippen LogP contribution in [0.5, 0.6) is 0 Å². The van der Waals surface area contributed by atoms with Crippen molar-refractivity contribution in [2.45, 2.75) is 52.1 Å². The first-order chi connectivity index (χ1) is 9.30. The summed E-state index contributed by atoms with van der Waals surface area (Å²) in [6.07, 6.45) is 1.41. The normalized spacial score (nSPS) is 21.9. The van der Waals surface area contributed by atoms with Gasteiger partial charge in [0.05, 0.1) is 20.3 Å². The van der Waals surface area contributed by atoms with Crippen LogP contribution in [0.2, 0.25) is 0 Å². The summed E-state index contributed by atoms with van der Waals surface area (Å²) in [6, 6.07) is -0.879. The average Bonchev–Trinajstić information content (AvgIpc) is 2.79. The lowest BCUT2D eigenvalue weighted by Crippen LogP contribution is -2.45. The molecule has 0 aromatic rings. The molecule has 1 aliphatic rings. The predicted molar refractivity (Wildman–Crippen MR) is 74.9 cm³/mol. The monoisotopic (exact) mass is 281 g/mol. The molecule has 1 saturated heterocycles. The van der Waals surface area contributed by atoms with Gasteiger partial charge in [0.1, 0.15) is 6.04 Å². The minimum atomic E-state index is -0.596. The largest absolute Gasteiger partial charge is 0.467 e.